The van der Waals surface area contributed by atoms with Gasteiger partial charge in [0.05, 0.1) is 13.7 Å². The zero-order chi connectivity index (χ0) is 14.4. The van der Waals surface area contributed by atoms with E-state index in [0.717, 1.165) is 11.3 Å². The van der Waals surface area contributed by atoms with Gasteiger partial charge in [-0.2, -0.15) is 0 Å². The van der Waals surface area contributed by atoms with E-state index in [1.54, 1.807) is 12.1 Å². The van der Waals surface area contributed by atoms with Gasteiger partial charge in [0.25, 0.3) is 0 Å². The lowest BCUT2D eigenvalue weighted by molar-refractivity contribution is -0.145. The van der Waals surface area contributed by atoms with E-state index in [1.165, 1.54) is 0 Å². The Hall–Kier alpha value is -1.33. The smallest absolute Gasteiger partial charge is 0.306 e. The van der Waals surface area contributed by atoms with Crippen LogP contribution in [0.25, 0.3) is 0 Å². The zero-order valence-corrected chi connectivity index (χ0v) is 12.8. The fourth-order valence-electron chi connectivity index (χ4n) is 2.05. The van der Waals surface area contributed by atoms with E-state index in [9.17, 15) is 4.79 Å². The molecule has 1 heterocycles. The number of cyclic esters (lactones) is 1. The van der Waals surface area contributed by atoms with Crippen LogP contribution < -0.4 is 4.74 Å². The van der Waals surface area contributed by atoms with Gasteiger partial charge in [0, 0.05) is 6.42 Å². The van der Waals surface area contributed by atoms with Crippen molar-refractivity contribution in [3.8, 4) is 5.75 Å². The molecular formula is C15H17BrO4. The molecule has 0 spiro atoms. The van der Waals surface area contributed by atoms with E-state index >= 15 is 0 Å². The molecule has 0 aromatic heterocycles. The number of hydrogen-bond acceptors (Lipinski definition) is 4. The average Bonchev–Trinajstić information content (AvgIpc) is 2.90. The van der Waals surface area contributed by atoms with Crippen LogP contribution >= 0.6 is 15.9 Å². The number of benzene rings is 1. The van der Waals surface area contributed by atoms with Crippen LogP contribution in [0, 0.1) is 0 Å². The van der Waals surface area contributed by atoms with Crippen molar-refractivity contribution in [3.63, 3.8) is 0 Å². The molecule has 1 aromatic carbocycles. The Kier molecular flexibility index (Phi) is 5.61. The van der Waals surface area contributed by atoms with Gasteiger partial charge >= 0.3 is 5.97 Å². The van der Waals surface area contributed by atoms with Gasteiger partial charge in [0.1, 0.15) is 18.0 Å². The molecule has 0 bridgehead atoms. The summed E-state index contributed by atoms with van der Waals surface area (Å²) in [6.45, 7) is 0.458. The van der Waals surface area contributed by atoms with E-state index in [1.807, 2.05) is 30.3 Å². The fourth-order valence-corrected chi connectivity index (χ4v) is 2.35. The van der Waals surface area contributed by atoms with Gasteiger partial charge in [0.2, 0.25) is 0 Å². The van der Waals surface area contributed by atoms with E-state index in [4.69, 9.17) is 14.2 Å². The molecule has 0 radical (unpaired) electrons. The van der Waals surface area contributed by atoms with Crippen molar-refractivity contribution in [2.75, 3.05) is 7.11 Å². The van der Waals surface area contributed by atoms with Crippen molar-refractivity contribution in [2.45, 2.75) is 31.7 Å². The Labute approximate surface area is 126 Å². The normalized spacial score (nSPS) is 20.1. The van der Waals surface area contributed by atoms with Crippen molar-refractivity contribution < 1.29 is 19.0 Å². The number of halogens is 1. The van der Waals surface area contributed by atoms with Gasteiger partial charge in [-0.05, 0) is 35.2 Å². The summed E-state index contributed by atoms with van der Waals surface area (Å²) >= 11 is 3.24. The maximum atomic E-state index is 11.2. The predicted molar refractivity (Wildman–Crippen MR) is 78.8 cm³/mol. The number of hydrogen-bond donors (Lipinski definition) is 0. The van der Waals surface area contributed by atoms with Gasteiger partial charge in [0.15, 0.2) is 0 Å². The molecule has 1 saturated heterocycles. The highest BCUT2D eigenvalue weighted by Gasteiger charge is 2.30. The Morgan fingerprint density at radius 1 is 1.45 bits per heavy atom. The Morgan fingerprint density at radius 2 is 2.20 bits per heavy atom. The summed E-state index contributed by atoms with van der Waals surface area (Å²) in [6, 6.07) is 7.69. The molecule has 2 rings (SSSR count). The second kappa shape index (κ2) is 7.45. The second-order valence-corrected chi connectivity index (χ2v) is 5.04. The number of rotatable bonds is 6. The number of esters is 1. The minimum Gasteiger partial charge on any atom is -0.497 e. The van der Waals surface area contributed by atoms with Crippen molar-refractivity contribution in [3.05, 3.63) is 40.9 Å². The van der Waals surface area contributed by atoms with Crippen LogP contribution in [0.2, 0.25) is 0 Å². The van der Waals surface area contributed by atoms with Gasteiger partial charge in [-0.25, -0.2) is 0 Å². The average molecular weight is 341 g/mol. The van der Waals surface area contributed by atoms with Crippen molar-refractivity contribution >= 4 is 21.9 Å². The first kappa shape index (κ1) is 15.1. The number of carbonyl (C=O) groups excluding carboxylic acids is 1. The van der Waals surface area contributed by atoms with Crippen molar-refractivity contribution in [1.82, 2.24) is 0 Å². The first-order chi connectivity index (χ1) is 9.72. The number of carbonyl (C=O) groups is 1. The first-order valence-corrected chi connectivity index (χ1v) is 7.35. The van der Waals surface area contributed by atoms with Crippen molar-refractivity contribution in [2.24, 2.45) is 0 Å². The molecular weight excluding hydrogens is 324 g/mol. The molecule has 20 heavy (non-hydrogen) atoms. The van der Waals surface area contributed by atoms with E-state index in [0.29, 0.717) is 19.4 Å². The molecule has 0 saturated carbocycles. The van der Waals surface area contributed by atoms with Crippen LogP contribution in [0.1, 0.15) is 18.4 Å². The van der Waals surface area contributed by atoms with Gasteiger partial charge in [-0.1, -0.05) is 28.1 Å². The summed E-state index contributed by atoms with van der Waals surface area (Å²) in [4.78, 5) is 12.9. The minimum atomic E-state index is -0.233. The Morgan fingerprint density at radius 3 is 2.75 bits per heavy atom. The standard InChI is InChI=1S/C15H17BrO4/c1-18-12-4-2-11(3-5-12)10-19-13(8-9-16)14-6-7-15(17)20-14/h2-5,8-9,13-14H,6-7,10H2,1H3/t13-,14-/m1/s1. The third kappa shape index (κ3) is 4.08. The quantitative estimate of drug-likeness (QED) is 0.746. The molecule has 0 N–H and O–H groups in total. The van der Waals surface area contributed by atoms with Crippen molar-refractivity contribution in [1.29, 1.82) is 0 Å². The molecule has 0 amide bonds. The molecule has 4 nitrogen and oxygen atoms in total. The first-order valence-electron chi connectivity index (χ1n) is 6.44. The number of ether oxygens (including phenoxy) is 3. The lowest BCUT2D eigenvalue weighted by Crippen LogP contribution is -2.26. The topological polar surface area (TPSA) is 44.8 Å². The largest absolute Gasteiger partial charge is 0.497 e. The molecule has 1 aliphatic heterocycles. The van der Waals surface area contributed by atoms with E-state index in [2.05, 4.69) is 15.9 Å². The van der Waals surface area contributed by atoms with Crippen LogP contribution in [0.5, 0.6) is 5.75 Å². The van der Waals surface area contributed by atoms with Gasteiger partial charge in [-0.15, -0.1) is 0 Å². The SMILES string of the molecule is COc1ccc(CO[C@H](C=CBr)[C@H]2CCC(=O)O2)cc1. The van der Waals surface area contributed by atoms with Crippen LogP contribution in [0.15, 0.2) is 35.3 Å². The van der Waals surface area contributed by atoms with Crippen LogP contribution in [0.4, 0.5) is 0 Å². The summed E-state index contributed by atoms with van der Waals surface area (Å²) in [5, 5.41) is 0. The molecule has 1 aliphatic rings. The number of methoxy groups -OCH3 is 1. The summed E-state index contributed by atoms with van der Waals surface area (Å²) < 4.78 is 16.2. The molecule has 5 heteroatoms. The highest BCUT2D eigenvalue weighted by Crippen LogP contribution is 2.22. The molecule has 1 fully saturated rings. The van der Waals surface area contributed by atoms with Gasteiger partial charge < -0.3 is 14.2 Å². The Bertz CT molecular complexity index is 469. The second-order valence-electron chi connectivity index (χ2n) is 4.51. The fraction of sp³-hybridized carbons (Fsp3) is 0.400. The minimum absolute atomic E-state index is 0.156. The predicted octanol–water partition coefficient (Wildman–Crippen LogP) is 3.19. The van der Waals surface area contributed by atoms with Gasteiger partial charge in [-0.3, -0.25) is 4.79 Å². The summed E-state index contributed by atoms with van der Waals surface area (Å²) in [5.74, 6) is 0.659. The molecule has 0 aliphatic carbocycles. The molecule has 1 aromatic rings. The maximum absolute atomic E-state index is 11.2. The highest BCUT2D eigenvalue weighted by atomic mass is 79.9. The zero-order valence-electron chi connectivity index (χ0n) is 11.3. The maximum Gasteiger partial charge on any atom is 0.306 e. The Balaban J connectivity index is 1.92. The van der Waals surface area contributed by atoms with Crippen LogP contribution in [-0.4, -0.2) is 25.3 Å². The van der Waals surface area contributed by atoms with E-state index < -0.39 is 0 Å². The van der Waals surface area contributed by atoms with Crippen LogP contribution in [-0.2, 0) is 20.9 Å². The molecule has 2 atom stereocenters. The third-order valence-corrected chi connectivity index (χ3v) is 3.45. The monoisotopic (exact) mass is 340 g/mol. The summed E-state index contributed by atoms with van der Waals surface area (Å²) in [6.07, 6.45) is 2.58. The summed E-state index contributed by atoms with van der Waals surface area (Å²) in [5.41, 5.74) is 1.04. The lowest BCUT2D eigenvalue weighted by Gasteiger charge is -2.19. The summed E-state index contributed by atoms with van der Waals surface area (Å²) in [7, 11) is 1.64. The molecule has 0 unspecified atom stereocenters. The lowest BCUT2D eigenvalue weighted by atomic mass is 10.1. The third-order valence-electron chi connectivity index (χ3n) is 3.15. The van der Waals surface area contributed by atoms with Crippen LogP contribution in [0.3, 0.4) is 0 Å². The van der Waals surface area contributed by atoms with E-state index in [-0.39, 0.29) is 18.2 Å². The molecule has 108 valence electrons. The highest BCUT2D eigenvalue weighted by molar-refractivity contribution is 9.11.